The van der Waals surface area contributed by atoms with Gasteiger partial charge in [-0.2, -0.15) is 0 Å². The van der Waals surface area contributed by atoms with Crippen LogP contribution < -0.4 is 25.8 Å². The van der Waals surface area contributed by atoms with Gasteiger partial charge in [0.05, 0.1) is 36.4 Å². The van der Waals surface area contributed by atoms with Crippen LogP contribution in [-0.2, 0) is 13.1 Å². The minimum atomic E-state index is -0.307. The standard InChI is InChI=1S/C26H28FN7O.C25H26FN7O/c1-3-33-17-29-23(18-4-6-19(27)7-5-18)24(33)25-28-16-22(31-25)26(35)30-20-8-10-21(11-9-20)34-14-12-32(2)13-15-34;1-2-32-16-29-22(17-3-5-18(26)6-4-17)23(32)24-28-15-21(31-24)25(34)30-19-7-9-20(10-8-19)33-13-11-27-12-14-33/h4-11,16-17H,3,12-15H2,1-2H3,(H,28,31)(H,30,35);3-10,15-16,27H,2,11-14H2,1H3,(H,28,31)(H,30,34). The van der Waals surface area contributed by atoms with E-state index in [1.807, 2.05) is 71.5 Å². The molecule has 2 saturated heterocycles. The second-order valence-corrected chi connectivity index (χ2v) is 16.8. The molecule has 4 aromatic heterocycles. The Hall–Kier alpha value is -7.96. The molecule has 0 radical (unpaired) electrons. The van der Waals surface area contributed by atoms with E-state index in [-0.39, 0.29) is 23.4 Å². The maximum Gasteiger partial charge on any atom is 0.273 e. The van der Waals surface area contributed by atoms with Gasteiger partial charge in [-0.3, -0.25) is 9.59 Å². The number of nitrogens with one attached hydrogen (secondary N) is 5. The molecule has 10 rings (SSSR count). The summed E-state index contributed by atoms with van der Waals surface area (Å²) >= 11 is 0. The lowest BCUT2D eigenvalue weighted by Gasteiger charge is -2.34. The molecule has 2 aliphatic rings. The highest BCUT2D eigenvalue weighted by Crippen LogP contribution is 2.32. The lowest BCUT2D eigenvalue weighted by atomic mass is 10.1. The Balaban J connectivity index is 0.000000172. The number of aryl methyl sites for hydroxylation is 2. The van der Waals surface area contributed by atoms with Gasteiger partial charge in [-0.25, -0.2) is 28.7 Å². The van der Waals surface area contributed by atoms with Gasteiger partial charge >= 0.3 is 0 Å². The molecule has 0 atom stereocenters. The molecule has 0 bridgehead atoms. The number of amides is 2. The molecule has 18 heteroatoms. The van der Waals surface area contributed by atoms with Crippen LogP contribution in [0.15, 0.2) is 122 Å². The number of aromatic amines is 2. The Morgan fingerprint density at radius 1 is 0.551 bits per heavy atom. The molecule has 8 aromatic rings. The highest BCUT2D eigenvalue weighted by molar-refractivity contribution is 6.04. The molecule has 5 N–H and O–H groups in total. The number of nitrogens with zero attached hydrogens (tertiary/aromatic N) is 9. The number of benzene rings is 4. The Morgan fingerprint density at radius 2 is 0.957 bits per heavy atom. The van der Waals surface area contributed by atoms with Crippen LogP contribution in [0.4, 0.5) is 31.5 Å². The average molecular weight is 933 g/mol. The first-order chi connectivity index (χ1) is 33.6. The number of halogens is 2. The lowest BCUT2D eigenvalue weighted by molar-refractivity contribution is 0.101. The quantitative estimate of drug-likeness (QED) is 0.0812. The van der Waals surface area contributed by atoms with Crippen LogP contribution in [0.25, 0.3) is 45.6 Å². The van der Waals surface area contributed by atoms with Crippen molar-refractivity contribution in [1.82, 2.24) is 49.3 Å². The molecule has 2 fully saturated rings. The van der Waals surface area contributed by atoms with E-state index >= 15 is 0 Å². The summed E-state index contributed by atoms with van der Waals surface area (Å²) in [6.07, 6.45) is 6.47. The molecule has 4 aromatic carbocycles. The normalized spacial score (nSPS) is 14.0. The first-order valence-electron chi connectivity index (χ1n) is 23.1. The number of imidazole rings is 4. The summed E-state index contributed by atoms with van der Waals surface area (Å²) in [4.78, 5) is 56.9. The minimum Gasteiger partial charge on any atom is -0.369 e. The minimum absolute atomic E-state index is 0.276. The first kappa shape index (κ1) is 46.2. The van der Waals surface area contributed by atoms with Crippen LogP contribution >= 0.6 is 0 Å². The molecule has 16 nitrogen and oxygen atoms in total. The molecule has 69 heavy (non-hydrogen) atoms. The number of rotatable bonds is 12. The van der Waals surface area contributed by atoms with E-state index in [0.717, 1.165) is 91.9 Å². The highest BCUT2D eigenvalue weighted by Gasteiger charge is 2.22. The van der Waals surface area contributed by atoms with E-state index in [0.29, 0.717) is 53.2 Å². The largest absolute Gasteiger partial charge is 0.369 e. The summed E-state index contributed by atoms with van der Waals surface area (Å²) < 4.78 is 30.7. The maximum absolute atomic E-state index is 13.4. The fourth-order valence-electron chi connectivity index (χ4n) is 8.39. The monoisotopic (exact) mass is 932 g/mol. The van der Waals surface area contributed by atoms with E-state index in [1.165, 1.54) is 36.7 Å². The van der Waals surface area contributed by atoms with E-state index in [4.69, 9.17) is 0 Å². The number of hydrogen-bond donors (Lipinski definition) is 5. The predicted octanol–water partition coefficient (Wildman–Crippen LogP) is 7.86. The smallest absolute Gasteiger partial charge is 0.273 e. The summed E-state index contributed by atoms with van der Waals surface area (Å²) in [6.45, 7) is 13.3. The van der Waals surface area contributed by atoms with Gasteiger partial charge in [0.2, 0.25) is 0 Å². The van der Waals surface area contributed by atoms with Crippen LogP contribution in [0.1, 0.15) is 34.8 Å². The van der Waals surface area contributed by atoms with Crippen molar-refractivity contribution in [3.8, 4) is 45.6 Å². The van der Waals surface area contributed by atoms with Crippen molar-refractivity contribution in [3.63, 3.8) is 0 Å². The van der Waals surface area contributed by atoms with Gasteiger partial charge in [0, 0.05) is 99.3 Å². The fourth-order valence-corrected chi connectivity index (χ4v) is 8.39. The van der Waals surface area contributed by atoms with Gasteiger partial charge in [0.1, 0.15) is 34.4 Å². The number of carbonyl (C=O) groups is 2. The summed E-state index contributed by atoms with van der Waals surface area (Å²) in [5.74, 6) is -0.115. The van der Waals surface area contributed by atoms with Crippen LogP contribution in [0.2, 0.25) is 0 Å². The van der Waals surface area contributed by atoms with Crippen molar-refractivity contribution < 1.29 is 18.4 Å². The molecule has 354 valence electrons. The third-order valence-electron chi connectivity index (χ3n) is 12.3. The predicted molar refractivity (Wildman–Crippen MR) is 265 cm³/mol. The van der Waals surface area contributed by atoms with E-state index in [1.54, 1.807) is 36.9 Å². The molecular weight excluding hydrogens is 879 g/mol. The molecule has 0 aliphatic carbocycles. The molecular formula is C51H54F2N14O2. The topological polar surface area (TPSA) is 173 Å². The Bertz CT molecular complexity index is 2980. The number of hydrogen-bond acceptors (Lipinski definition) is 10. The van der Waals surface area contributed by atoms with Crippen LogP contribution in [-0.4, -0.2) is 115 Å². The van der Waals surface area contributed by atoms with Crippen molar-refractivity contribution in [2.75, 3.05) is 79.8 Å². The summed E-state index contributed by atoms with van der Waals surface area (Å²) in [6, 6.07) is 28.1. The SMILES string of the molecule is CCn1cnc(-c2ccc(F)cc2)c1-c1ncc(C(=O)Nc2ccc(N3CCN(C)CC3)cc2)[nH]1.CCn1cnc(-c2ccc(F)cc2)c1-c1ncc(C(=O)Nc2ccc(N3CCNCC3)cc2)[nH]1. The maximum atomic E-state index is 13.4. The van der Waals surface area contributed by atoms with Gasteiger partial charge in [-0.15, -0.1) is 0 Å². The number of aromatic nitrogens is 8. The Labute approximate surface area is 398 Å². The van der Waals surface area contributed by atoms with E-state index in [9.17, 15) is 18.4 Å². The van der Waals surface area contributed by atoms with Crippen molar-refractivity contribution in [1.29, 1.82) is 0 Å². The number of anilines is 4. The van der Waals surface area contributed by atoms with Gasteiger partial charge in [-0.05, 0) is 118 Å². The van der Waals surface area contributed by atoms with E-state index < -0.39 is 0 Å². The average Bonchev–Trinajstić information content (AvgIpc) is 4.23. The fraction of sp³-hybridized carbons (Fsp3) is 0.255. The summed E-state index contributed by atoms with van der Waals surface area (Å²) in [5.41, 5.74) is 8.80. The number of carbonyl (C=O) groups excluding carboxylic acids is 2. The van der Waals surface area contributed by atoms with E-state index in [2.05, 4.69) is 67.6 Å². The van der Waals surface area contributed by atoms with Gasteiger partial charge < -0.3 is 49.8 Å². The third kappa shape index (κ3) is 10.6. The summed E-state index contributed by atoms with van der Waals surface area (Å²) in [7, 11) is 2.14. The van der Waals surface area contributed by atoms with Crippen LogP contribution in [0.5, 0.6) is 0 Å². The lowest BCUT2D eigenvalue weighted by Crippen LogP contribution is -2.44. The van der Waals surface area contributed by atoms with Crippen LogP contribution in [0.3, 0.4) is 0 Å². The molecule has 2 aliphatic heterocycles. The Kier molecular flexibility index (Phi) is 14.0. The van der Waals surface area contributed by atoms with Crippen molar-refractivity contribution in [2.24, 2.45) is 0 Å². The zero-order chi connectivity index (χ0) is 47.9. The molecule has 2 amide bonds. The highest BCUT2D eigenvalue weighted by atomic mass is 19.1. The molecule has 0 saturated carbocycles. The number of likely N-dealkylation sites (N-methyl/N-ethyl adjacent to an activating group) is 1. The second-order valence-electron chi connectivity index (χ2n) is 16.8. The third-order valence-corrected chi connectivity index (χ3v) is 12.3. The number of H-pyrrole nitrogens is 2. The zero-order valence-electron chi connectivity index (χ0n) is 38.7. The zero-order valence-corrected chi connectivity index (χ0v) is 38.7. The van der Waals surface area contributed by atoms with Gasteiger partial charge in [-0.1, -0.05) is 0 Å². The van der Waals surface area contributed by atoms with Crippen molar-refractivity contribution in [2.45, 2.75) is 26.9 Å². The second kappa shape index (κ2) is 20.9. The Morgan fingerprint density at radius 3 is 1.36 bits per heavy atom. The number of piperazine rings is 2. The van der Waals surface area contributed by atoms with Gasteiger partial charge in [0.25, 0.3) is 11.8 Å². The van der Waals surface area contributed by atoms with Gasteiger partial charge in [0.15, 0.2) is 11.6 Å². The first-order valence-corrected chi connectivity index (χ1v) is 23.1. The van der Waals surface area contributed by atoms with Crippen molar-refractivity contribution >= 4 is 34.6 Å². The molecule has 0 unspecified atom stereocenters. The molecule has 6 heterocycles. The molecule has 0 spiro atoms. The van der Waals surface area contributed by atoms with Crippen LogP contribution in [0, 0.1) is 11.6 Å². The van der Waals surface area contributed by atoms with Crippen molar-refractivity contribution in [3.05, 3.63) is 145 Å². The summed E-state index contributed by atoms with van der Waals surface area (Å²) in [5, 5.41) is 9.20.